The summed E-state index contributed by atoms with van der Waals surface area (Å²) in [6.45, 7) is 0. The van der Waals surface area contributed by atoms with E-state index in [1.54, 1.807) is 0 Å². The van der Waals surface area contributed by atoms with E-state index < -0.39 is 0 Å². The number of hydrogen-bond acceptors (Lipinski definition) is 2. The Bertz CT molecular complexity index is 4390. The van der Waals surface area contributed by atoms with Crippen LogP contribution in [0.1, 0.15) is 0 Å². The summed E-state index contributed by atoms with van der Waals surface area (Å²) >= 11 is 0. The minimum absolute atomic E-state index is 0.923. The molecule has 0 amide bonds. The van der Waals surface area contributed by atoms with Crippen LogP contribution in [0.5, 0.6) is 0 Å². The zero-order valence-corrected chi connectivity index (χ0v) is 44.7. The van der Waals surface area contributed by atoms with Crippen molar-refractivity contribution in [3.8, 4) is 113 Å². The molecule has 0 spiro atoms. The van der Waals surface area contributed by atoms with Crippen LogP contribution in [-0.4, -0.2) is 28.7 Å². The Morgan fingerprint density at radius 3 is 0.780 bits per heavy atom. The van der Waals surface area contributed by atoms with Crippen molar-refractivity contribution in [2.75, 3.05) is 0 Å². The Labute approximate surface area is 476 Å². The van der Waals surface area contributed by atoms with Crippen LogP contribution in [-0.2, 0) is 0 Å². The average Bonchev–Trinajstić information content (AvgIpc) is 4.01. The monoisotopic (exact) mass is 1050 g/mol. The van der Waals surface area contributed by atoms with E-state index in [1.807, 2.05) is 12.1 Å². The van der Waals surface area contributed by atoms with Crippen molar-refractivity contribution in [1.29, 1.82) is 0 Å². The highest BCUT2D eigenvalue weighted by Gasteiger charge is 2.21. The van der Waals surface area contributed by atoms with Crippen LogP contribution in [0.4, 0.5) is 0 Å². The van der Waals surface area contributed by atoms with Gasteiger partial charge in [0, 0.05) is 44.4 Å². The van der Waals surface area contributed by atoms with Gasteiger partial charge in [-0.25, -0.2) is 9.36 Å². The molecule has 0 saturated carbocycles. The molecule has 4 aromatic heterocycles. The molecule has 82 heavy (non-hydrogen) atoms. The summed E-state index contributed by atoms with van der Waals surface area (Å²) in [6.07, 6.45) is 0. The molecule has 386 valence electrons. The van der Waals surface area contributed by atoms with Crippen molar-refractivity contribution in [3.63, 3.8) is 0 Å². The molecule has 15 aromatic rings. The lowest BCUT2D eigenvalue weighted by Gasteiger charge is -2.15. The molecule has 6 heteroatoms. The quantitative estimate of drug-likeness (QED) is 0.122. The predicted molar refractivity (Wildman–Crippen MR) is 338 cm³/mol. The van der Waals surface area contributed by atoms with Crippen molar-refractivity contribution in [2.24, 2.45) is 0 Å². The van der Waals surface area contributed by atoms with Crippen molar-refractivity contribution >= 4 is 21.8 Å². The first-order chi connectivity index (χ1) is 40.6. The van der Waals surface area contributed by atoms with Gasteiger partial charge in [-0.15, -0.1) is 0 Å². The van der Waals surface area contributed by atoms with Crippen molar-refractivity contribution in [2.45, 2.75) is 0 Å². The Kier molecular flexibility index (Phi) is 12.1. The SMILES string of the molecule is c1ccc(-c2ccc(-c3cc4cc5c(cc(-c6ccc(-c7ccccc7)cc6)n5-c5ccc(-n6nc(-c7ccccc7)cc6-c6ccccc6)cc5)cc4n3-c3ccc(-n4nc(-c5ccccc5)cc4-c4ccccc4)cc3)cc2)cc1. The van der Waals surface area contributed by atoms with Gasteiger partial charge < -0.3 is 9.13 Å². The van der Waals surface area contributed by atoms with E-state index in [0.29, 0.717) is 0 Å². The molecule has 0 bridgehead atoms. The van der Waals surface area contributed by atoms with Gasteiger partial charge >= 0.3 is 0 Å². The predicted octanol–water partition coefficient (Wildman–Crippen LogP) is 19.3. The highest BCUT2D eigenvalue weighted by atomic mass is 15.3. The molecule has 0 saturated heterocycles. The van der Waals surface area contributed by atoms with Gasteiger partial charge in [0.2, 0.25) is 0 Å². The topological polar surface area (TPSA) is 45.5 Å². The van der Waals surface area contributed by atoms with E-state index in [2.05, 4.69) is 322 Å². The van der Waals surface area contributed by atoms with Gasteiger partial charge in [-0.3, -0.25) is 0 Å². The fraction of sp³-hybridized carbons (Fsp3) is 0. The Balaban J connectivity index is 0.892. The number of benzene rings is 11. The molecular formula is C76H52N6. The van der Waals surface area contributed by atoms with Gasteiger partial charge in [0.1, 0.15) is 0 Å². The maximum Gasteiger partial charge on any atom is 0.0934 e. The smallest absolute Gasteiger partial charge is 0.0934 e. The lowest BCUT2D eigenvalue weighted by atomic mass is 10.0. The first-order valence-corrected chi connectivity index (χ1v) is 27.8. The number of fused-ring (bicyclic) bond motifs is 2. The van der Waals surface area contributed by atoms with Crippen molar-refractivity contribution < 1.29 is 0 Å². The second-order valence-corrected chi connectivity index (χ2v) is 20.7. The molecule has 0 aliphatic carbocycles. The zero-order valence-electron chi connectivity index (χ0n) is 44.7. The molecule has 6 nitrogen and oxygen atoms in total. The van der Waals surface area contributed by atoms with Gasteiger partial charge in [-0.1, -0.05) is 231 Å². The summed E-state index contributed by atoms with van der Waals surface area (Å²) in [5.41, 5.74) is 23.7. The average molecular weight is 1050 g/mol. The van der Waals surface area contributed by atoms with Gasteiger partial charge in [-0.2, -0.15) is 10.2 Å². The van der Waals surface area contributed by atoms with E-state index in [9.17, 15) is 0 Å². The van der Waals surface area contributed by atoms with E-state index in [0.717, 1.165) is 112 Å². The number of hydrogen-bond donors (Lipinski definition) is 0. The first kappa shape index (κ1) is 48.1. The van der Waals surface area contributed by atoms with E-state index in [-0.39, 0.29) is 0 Å². The van der Waals surface area contributed by atoms with Gasteiger partial charge in [0.15, 0.2) is 0 Å². The van der Waals surface area contributed by atoms with E-state index in [4.69, 9.17) is 10.2 Å². The zero-order chi connectivity index (χ0) is 54.3. The second-order valence-electron chi connectivity index (χ2n) is 20.7. The third-order valence-electron chi connectivity index (χ3n) is 15.7. The van der Waals surface area contributed by atoms with E-state index >= 15 is 0 Å². The summed E-state index contributed by atoms with van der Waals surface area (Å²) < 4.78 is 8.99. The summed E-state index contributed by atoms with van der Waals surface area (Å²) in [4.78, 5) is 0. The van der Waals surface area contributed by atoms with Gasteiger partial charge in [0.25, 0.3) is 0 Å². The summed E-state index contributed by atoms with van der Waals surface area (Å²) in [7, 11) is 0. The van der Waals surface area contributed by atoms with Gasteiger partial charge in [0.05, 0.1) is 56.6 Å². The molecule has 0 aliphatic heterocycles. The van der Waals surface area contributed by atoms with Crippen molar-refractivity contribution in [3.05, 3.63) is 315 Å². The summed E-state index contributed by atoms with van der Waals surface area (Å²) in [6, 6.07) is 113. The fourth-order valence-electron chi connectivity index (χ4n) is 11.6. The molecule has 0 N–H and O–H groups in total. The number of rotatable bonds is 12. The van der Waals surface area contributed by atoms with E-state index in [1.165, 1.54) is 22.3 Å². The second kappa shape index (κ2) is 20.6. The molecule has 0 atom stereocenters. The third kappa shape index (κ3) is 8.91. The minimum atomic E-state index is 0.923. The van der Waals surface area contributed by atoms with Crippen LogP contribution in [0.2, 0.25) is 0 Å². The van der Waals surface area contributed by atoms with Gasteiger partial charge in [-0.05, 0) is 118 Å². The third-order valence-corrected chi connectivity index (χ3v) is 15.7. The van der Waals surface area contributed by atoms with Crippen LogP contribution >= 0.6 is 0 Å². The maximum absolute atomic E-state index is 5.23. The van der Waals surface area contributed by atoms with Crippen molar-refractivity contribution in [1.82, 2.24) is 28.7 Å². The molecule has 0 unspecified atom stereocenters. The van der Waals surface area contributed by atoms with Crippen LogP contribution in [0.25, 0.3) is 134 Å². The largest absolute Gasteiger partial charge is 0.309 e. The highest BCUT2D eigenvalue weighted by molar-refractivity contribution is 6.02. The molecule has 11 aromatic carbocycles. The van der Waals surface area contributed by atoms with Crippen LogP contribution in [0.15, 0.2) is 315 Å². The number of aromatic nitrogens is 6. The first-order valence-electron chi connectivity index (χ1n) is 27.8. The summed E-state index contributed by atoms with van der Waals surface area (Å²) in [5, 5.41) is 12.7. The van der Waals surface area contributed by atoms with Crippen LogP contribution < -0.4 is 0 Å². The fourth-order valence-corrected chi connectivity index (χ4v) is 11.6. The highest BCUT2D eigenvalue weighted by Crippen LogP contribution is 2.41. The molecular weight excluding hydrogens is 997 g/mol. The molecule has 0 radical (unpaired) electrons. The lowest BCUT2D eigenvalue weighted by Crippen LogP contribution is -2.02. The molecule has 0 fully saturated rings. The summed E-state index contributed by atoms with van der Waals surface area (Å²) in [5.74, 6) is 0. The Morgan fingerprint density at radius 1 is 0.195 bits per heavy atom. The molecule has 4 heterocycles. The minimum Gasteiger partial charge on any atom is -0.309 e. The Hall–Kier alpha value is -11.1. The normalized spacial score (nSPS) is 11.4. The lowest BCUT2D eigenvalue weighted by molar-refractivity contribution is 0.891. The maximum atomic E-state index is 5.23. The molecule has 0 aliphatic rings. The number of nitrogens with zero attached hydrogens (tertiary/aromatic N) is 6. The Morgan fingerprint density at radius 2 is 0.451 bits per heavy atom. The van der Waals surface area contributed by atoms with Crippen LogP contribution in [0.3, 0.4) is 0 Å². The standard InChI is InChI=1S/C76H52N6/c1-7-19-53(20-8-1)55-31-35-61(36-32-55)71-47-63-49-74-64(50-73(63)79(71)65-39-43-67(44-40-65)81-75(59-27-15-5-16-28-59)51-69(77-81)57-23-11-3-12-24-57)48-72(62-37-33-56(34-38-62)54-21-9-2-10-22-54)80(74)66-41-45-68(46-42-66)82-76(60-29-17-6-18-30-60)52-70(78-82)58-25-13-4-14-26-58/h1-52H. The molecule has 15 rings (SSSR count). The van der Waals surface area contributed by atoms with Crippen LogP contribution in [0, 0.1) is 0 Å².